The van der Waals surface area contributed by atoms with Crippen molar-refractivity contribution in [3.63, 3.8) is 0 Å². The van der Waals surface area contributed by atoms with E-state index in [-0.39, 0.29) is 27.6 Å². The average Bonchev–Trinajstić information content (AvgIpc) is 2.73. The first-order valence-electron chi connectivity index (χ1n) is 10.0. The summed E-state index contributed by atoms with van der Waals surface area (Å²) >= 11 is 5.94. The number of nitrogens with zero attached hydrogens (tertiary/aromatic N) is 1. The molecule has 9 heteroatoms. The minimum atomic E-state index is -0.787. The van der Waals surface area contributed by atoms with Crippen molar-refractivity contribution in [3.05, 3.63) is 51.8 Å². The van der Waals surface area contributed by atoms with Crippen LogP contribution in [0.5, 0.6) is 17.2 Å². The number of likely N-dealkylation sites (tertiary alicyclic amines) is 1. The number of Topliss-reactive ketones (excluding diaryl/α,β-unsaturated/α-hetero) is 2. The average molecular weight is 466 g/mol. The van der Waals surface area contributed by atoms with E-state index in [2.05, 4.69) is 0 Å². The molecule has 0 unspecified atom stereocenters. The van der Waals surface area contributed by atoms with E-state index in [9.17, 15) is 24.2 Å². The Balaban J connectivity index is 2.01. The minimum Gasteiger partial charge on any atom is -0.507 e. The number of carbonyl (C=O) groups excluding carboxylic acids is 2. The van der Waals surface area contributed by atoms with E-state index < -0.39 is 41.6 Å². The second-order valence-electron chi connectivity index (χ2n) is 7.79. The summed E-state index contributed by atoms with van der Waals surface area (Å²) in [6.07, 6.45) is -0.868. The monoisotopic (exact) mass is 465 g/mol. The van der Waals surface area contributed by atoms with Gasteiger partial charge in [-0.15, -0.1) is 0 Å². The van der Waals surface area contributed by atoms with Crippen molar-refractivity contribution < 1.29 is 33.7 Å². The van der Waals surface area contributed by atoms with Crippen molar-refractivity contribution in [1.82, 2.24) is 4.90 Å². The van der Waals surface area contributed by atoms with Crippen LogP contribution in [0.15, 0.2) is 24.3 Å². The molecule has 0 amide bonds. The maximum absolute atomic E-state index is 13.3. The molecule has 0 aliphatic carbocycles. The van der Waals surface area contributed by atoms with E-state index in [0.717, 1.165) is 12.1 Å². The Morgan fingerprint density at radius 1 is 1.19 bits per heavy atom. The molecule has 7 nitrogen and oxygen atoms in total. The van der Waals surface area contributed by atoms with E-state index in [1.54, 1.807) is 0 Å². The summed E-state index contributed by atoms with van der Waals surface area (Å²) in [5, 5.41) is 21.6. The smallest absolute Gasteiger partial charge is 0.178 e. The summed E-state index contributed by atoms with van der Waals surface area (Å²) in [4.78, 5) is 27.7. The number of halogens is 2. The van der Waals surface area contributed by atoms with Gasteiger partial charge < -0.3 is 24.6 Å². The van der Waals surface area contributed by atoms with Crippen LogP contribution in [-0.2, 0) is 0 Å². The van der Waals surface area contributed by atoms with Crippen LogP contribution in [0.3, 0.4) is 0 Å². The summed E-state index contributed by atoms with van der Waals surface area (Å²) < 4.78 is 24.0. The SMILES string of the molecule is COc1cc(OC)c([C@H]2CCN(C)C[C@H]2O)c(O)c1C(=O)CC(=O)c1ccc(F)cc1Cl. The molecule has 0 spiro atoms. The van der Waals surface area contributed by atoms with Gasteiger partial charge in [0.2, 0.25) is 0 Å². The Labute approximate surface area is 190 Å². The highest BCUT2D eigenvalue weighted by atomic mass is 35.5. The van der Waals surface area contributed by atoms with Crippen molar-refractivity contribution in [2.24, 2.45) is 0 Å². The lowest BCUT2D eigenvalue weighted by Crippen LogP contribution is -2.40. The van der Waals surface area contributed by atoms with Gasteiger partial charge in [0.05, 0.1) is 31.8 Å². The number of likely N-dealkylation sites (N-methyl/N-ethyl adjacent to an activating group) is 1. The fourth-order valence-corrected chi connectivity index (χ4v) is 4.34. The zero-order valence-electron chi connectivity index (χ0n) is 18.0. The number of β-amino-alcohol motifs (C(OH)–C–C–N with tert-alkyl or cyclic N) is 1. The Kier molecular flexibility index (Phi) is 7.38. The molecular formula is C23H25ClFNO6. The summed E-state index contributed by atoms with van der Waals surface area (Å²) in [6.45, 7) is 1.07. The number of aromatic hydroxyl groups is 1. The fraction of sp³-hybridized carbons (Fsp3) is 0.391. The molecule has 3 rings (SSSR count). The number of ketones is 2. The molecule has 0 bridgehead atoms. The number of carbonyl (C=O) groups is 2. The van der Waals surface area contributed by atoms with Crippen molar-refractivity contribution in [3.8, 4) is 17.2 Å². The van der Waals surface area contributed by atoms with E-state index >= 15 is 0 Å². The quantitative estimate of drug-likeness (QED) is 0.477. The van der Waals surface area contributed by atoms with Gasteiger partial charge in [-0.3, -0.25) is 9.59 Å². The van der Waals surface area contributed by atoms with Crippen LogP contribution in [0.4, 0.5) is 4.39 Å². The lowest BCUT2D eigenvalue weighted by molar-refractivity contribution is 0.0618. The van der Waals surface area contributed by atoms with Crippen LogP contribution < -0.4 is 9.47 Å². The van der Waals surface area contributed by atoms with Crippen molar-refractivity contribution in [2.45, 2.75) is 24.9 Å². The number of hydrogen-bond acceptors (Lipinski definition) is 7. The maximum atomic E-state index is 13.3. The molecule has 1 heterocycles. The number of ether oxygens (including phenoxy) is 2. The molecule has 32 heavy (non-hydrogen) atoms. The van der Waals surface area contributed by atoms with Crippen LogP contribution in [0.25, 0.3) is 0 Å². The molecule has 1 fully saturated rings. The predicted octanol–water partition coefficient (Wildman–Crippen LogP) is 3.44. The van der Waals surface area contributed by atoms with Crippen LogP contribution in [-0.4, -0.2) is 67.1 Å². The summed E-state index contributed by atoms with van der Waals surface area (Å²) in [6, 6.07) is 4.74. The first kappa shape index (κ1) is 24.0. The molecule has 1 aliphatic heterocycles. The third-order valence-corrected chi connectivity index (χ3v) is 6.01. The highest BCUT2D eigenvalue weighted by Gasteiger charge is 2.35. The molecular weight excluding hydrogens is 441 g/mol. The lowest BCUT2D eigenvalue weighted by Gasteiger charge is -2.35. The van der Waals surface area contributed by atoms with Gasteiger partial charge in [0.25, 0.3) is 0 Å². The normalized spacial score (nSPS) is 18.9. The molecule has 172 valence electrons. The van der Waals surface area contributed by atoms with Gasteiger partial charge in [-0.2, -0.15) is 0 Å². The number of methoxy groups -OCH3 is 2. The van der Waals surface area contributed by atoms with E-state index in [1.165, 1.54) is 26.4 Å². The second-order valence-corrected chi connectivity index (χ2v) is 8.20. The molecule has 2 atom stereocenters. The first-order chi connectivity index (χ1) is 15.2. The zero-order chi connectivity index (χ0) is 23.6. The van der Waals surface area contributed by atoms with Crippen molar-refractivity contribution in [2.75, 3.05) is 34.4 Å². The summed E-state index contributed by atoms with van der Waals surface area (Å²) in [5.74, 6) is -2.48. The number of phenols is 1. The number of aliphatic hydroxyl groups excluding tert-OH is 1. The van der Waals surface area contributed by atoms with Crippen molar-refractivity contribution >= 4 is 23.2 Å². The number of benzene rings is 2. The number of hydrogen-bond donors (Lipinski definition) is 2. The van der Waals surface area contributed by atoms with Crippen LogP contribution in [0.1, 0.15) is 45.0 Å². The zero-order valence-corrected chi connectivity index (χ0v) is 18.8. The topological polar surface area (TPSA) is 96.3 Å². The van der Waals surface area contributed by atoms with Gasteiger partial charge in [0.1, 0.15) is 28.6 Å². The second kappa shape index (κ2) is 9.85. The summed E-state index contributed by atoms with van der Waals surface area (Å²) in [5.41, 5.74) is 0.116. The van der Waals surface area contributed by atoms with E-state index in [1.807, 2.05) is 11.9 Å². The number of phenolic OH excluding ortho intramolecular Hbond substituents is 1. The molecule has 2 N–H and O–H groups in total. The molecule has 0 saturated carbocycles. The molecule has 2 aromatic carbocycles. The lowest BCUT2D eigenvalue weighted by atomic mass is 9.84. The van der Waals surface area contributed by atoms with Gasteiger partial charge >= 0.3 is 0 Å². The number of aliphatic hydroxyl groups is 1. The van der Waals surface area contributed by atoms with Gasteiger partial charge in [-0.05, 0) is 38.2 Å². The van der Waals surface area contributed by atoms with Gasteiger partial charge in [0.15, 0.2) is 11.6 Å². The van der Waals surface area contributed by atoms with Crippen LogP contribution in [0.2, 0.25) is 5.02 Å². The molecule has 1 saturated heterocycles. The number of piperidine rings is 1. The minimum absolute atomic E-state index is 0.000603. The van der Waals surface area contributed by atoms with Crippen LogP contribution in [0, 0.1) is 5.82 Å². The van der Waals surface area contributed by atoms with E-state index in [4.69, 9.17) is 21.1 Å². The maximum Gasteiger partial charge on any atom is 0.178 e. The van der Waals surface area contributed by atoms with Crippen LogP contribution >= 0.6 is 11.6 Å². The Hall–Kier alpha value is -2.68. The van der Waals surface area contributed by atoms with Gasteiger partial charge in [-0.1, -0.05) is 11.6 Å². The third-order valence-electron chi connectivity index (χ3n) is 5.69. The molecule has 0 aromatic heterocycles. The summed E-state index contributed by atoms with van der Waals surface area (Å²) in [7, 11) is 4.63. The standard InChI is InChI=1S/C23H25ClFNO6/c1-26-7-6-14(18(29)11-26)21-19(31-2)10-20(32-3)22(23(21)30)17(28)9-16(27)13-5-4-12(25)8-15(13)24/h4-5,8,10,14,18,29-30H,6-7,9,11H2,1-3H3/t14-,18+/m0/s1. The fourth-order valence-electron chi connectivity index (χ4n) is 4.07. The van der Waals surface area contributed by atoms with Gasteiger partial charge in [-0.25, -0.2) is 4.39 Å². The Bertz CT molecular complexity index is 1040. The number of rotatable bonds is 7. The predicted molar refractivity (Wildman–Crippen MR) is 117 cm³/mol. The largest absolute Gasteiger partial charge is 0.507 e. The highest BCUT2D eigenvalue weighted by molar-refractivity contribution is 6.34. The Morgan fingerprint density at radius 3 is 2.47 bits per heavy atom. The third kappa shape index (κ3) is 4.72. The molecule has 1 aliphatic rings. The van der Waals surface area contributed by atoms with Crippen molar-refractivity contribution in [1.29, 1.82) is 0 Å². The van der Waals surface area contributed by atoms with Gasteiger partial charge in [0, 0.05) is 29.7 Å². The highest BCUT2D eigenvalue weighted by Crippen LogP contribution is 2.46. The molecule has 0 radical (unpaired) electrons. The molecule has 2 aromatic rings. The first-order valence-corrected chi connectivity index (χ1v) is 10.4. The Morgan fingerprint density at radius 2 is 1.88 bits per heavy atom. The van der Waals surface area contributed by atoms with E-state index in [0.29, 0.717) is 25.1 Å².